The van der Waals surface area contributed by atoms with Crippen LogP contribution in [0.2, 0.25) is 0 Å². The van der Waals surface area contributed by atoms with Gasteiger partial charge in [0.25, 0.3) is 0 Å². The standard InChI is InChI=1S/C26H37NO5S2/c1-24-7-5-17(28)13-16(24)3-4-18-19-6-8-26(31,25(19,2)14-20(29)22(18)24)21(30)15-34-23(33)27-9-11-32-12-10-27/h13,18-20,22,29,31H,3-12,14-15H2,1-2H3/t18-,19-,20+,22-,24-,25-,26-/m0/s1. The van der Waals surface area contributed by atoms with Gasteiger partial charge in [0.1, 0.15) is 9.92 Å². The van der Waals surface area contributed by atoms with Gasteiger partial charge in [-0.2, -0.15) is 0 Å². The van der Waals surface area contributed by atoms with Gasteiger partial charge in [0.15, 0.2) is 11.6 Å². The maximum atomic E-state index is 13.5. The van der Waals surface area contributed by atoms with Crippen LogP contribution in [0, 0.1) is 28.6 Å². The molecule has 0 amide bonds. The van der Waals surface area contributed by atoms with Crippen LogP contribution in [0.25, 0.3) is 0 Å². The molecule has 188 valence electrons. The number of aliphatic hydroxyl groups excluding tert-OH is 1. The summed E-state index contributed by atoms with van der Waals surface area (Å²) in [6.45, 7) is 7.01. The first-order valence-corrected chi connectivity index (χ1v) is 14.2. The Hall–Kier alpha value is -0.800. The minimum Gasteiger partial charge on any atom is -0.393 e. The number of fused-ring (bicyclic) bond motifs is 5. The van der Waals surface area contributed by atoms with Gasteiger partial charge in [-0.05, 0) is 67.8 Å². The number of ketones is 2. The number of morpholine rings is 1. The summed E-state index contributed by atoms with van der Waals surface area (Å²) < 4.78 is 6.07. The number of Topliss-reactive ketones (excluding diaryl/α,β-unsaturated/α-hetero) is 1. The zero-order valence-electron chi connectivity index (χ0n) is 20.3. The summed E-state index contributed by atoms with van der Waals surface area (Å²) in [7, 11) is 0. The Morgan fingerprint density at radius 1 is 1.24 bits per heavy atom. The fraction of sp³-hybridized carbons (Fsp3) is 0.808. The van der Waals surface area contributed by atoms with E-state index in [9.17, 15) is 19.8 Å². The lowest BCUT2D eigenvalue weighted by molar-refractivity contribution is -0.178. The highest BCUT2D eigenvalue weighted by atomic mass is 32.2. The van der Waals surface area contributed by atoms with Crippen LogP contribution in [0.15, 0.2) is 11.6 Å². The number of hydrogen-bond donors (Lipinski definition) is 2. The van der Waals surface area contributed by atoms with Crippen molar-refractivity contribution in [3.8, 4) is 0 Å². The molecule has 0 unspecified atom stereocenters. The number of thioether (sulfide) groups is 1. The third kappa shape index (κ3) is 3.74. The second kappa shape index (κ2) is 8.94. The number of rotatable bonds is 3. The normalized spacial score (nSPS) is 44.1. The molecule has 7 atom stereocenters. The van der Waals surface area contributed by atoms with Crippen molar-refractivity contribution in [2.75, 3.05) is 32.1 Å². The molecule has 0 aromatic rings. The molecule has 2 N–H and O–H groups in total. The minimum absolute atomic E-state index is 0.0828. The lowest BCUT2D eigenvalue weighted by atomic mass is 9.45. The predicted molar refractivity (Wildman–Crippen MR) is 136 cm³/mol. The average molecular weight is 508 g/mol. The maximum Gasteiger partial charge on any atom is 0.175 e. The van der Waals surface area contributed by atoms with Crippen molar-refractivity contribution in [3.63, 3.8) is 0 Å². The van der Waals surface area contributed by atoms with E-state index in [1.54, 1.807) is 0 Å². The molecule has 0 spiro atoms. The van der Waals surface area contributed by atoms with Gasteiger partial charge < -0.3 is 19.8 Å². The fourth-order valence-electron chi connectivity index (χ4n) is 8.23. The third-order valence-electron chi connectivity index (χ3n) is 10.1. The third-order valence-corrected chi connectivity index (χ3v) is 11.6. The molecule has 0 aromatic carbocycles. The lowest BCUT2D eigenvalue weighted by Gasteiger charge is -2.60. The monoisotopic (exact) mass is 507 g/mol. The lowest BCUT2D eigenvalue weighted by Crippen LogP contribution is -2.62. The average Bonchev–Trinajstić information content (AvgIpc) is 3.09. The molecular formula is C26H37NO5S2. The molecule has 5 rings (SSSR count). The number of thiocarbonyl (C=S) groups is 1. The number of ether oxygens (including phenoxy) is 1. The van der Waals surface area contributed by atoms with Gasteiger partial charge in [0.05, 0.1) is 25.1 Å². The van der Waals surface area contributed by atoms with Gasteiger partial charge in [0, 0.05) is 24.9 Å². The Morgan fingerprint density at radius 3 is 2.71 bits per heavy atom. The van der Waals surface area contributed by atoms with Gasteiger partial charge in [-0.15, -0.1) is 0 Å². The molecule has 4 fully saturated rings. The molecule has 1 aliphatic heterocycles. The van der Waals surface area contributed by atoms with Crippen LogP contribution in [-0.2, 0) is 14.3 Å². The highest BCUT2D eigenvalue weighted by Crippen LogP contribution is 2.67. The molecule has 4 aliphatic carbocycles. The van der Waals surface area contributed by atoms with Crippen molar-refractivity contribution in [1.29, 1.82) is 0 Å². The number of hydrogen-bond acceptors (Lipinski definition) is 7. The summed E-state index contributed by atoms with van der Waals surface area (Å²) in [6, 6.07) is 0. The van der Waals surface area contributed by atoms with Crippen molar-refractivity contribution < 1.29 is 24.5 Å². The Labute approximate surface area is 211 Å². The van der Waals surface area contributed by atoms with Crippen LogP contribution in [0.1, 0.15) is 58.8 Å². The van der Waals surface area contributed by atoms with Crippen molar-refractivity contribution in [3.05, 3.63) is 11.6 Å². The zero-order chi connectivity index (χ0) is 24.3. The van der Waals surface area contributed by atoms with E-state index in [1.165, 1.54) is 17.3 Å². The van der Waals surface area contributed by atoms with Gasteiger partial charge in [-0.25, -0.2) is 0 Å². The minimum atomic E-state index is -1.43. The van der Waals surface area contributed by atoms with Crippen molar-refractivity contribution >= 4 is 39.9 Å². The molecular weight excluding hydrogens is 470 g/mol. The first-order chi connectivity index (χ1) is 16.1. The van der Waals surface area contributed by atoms with Crippen LogP contribution >= 0.6 is 24.0 Å². The Kier molecular flexibility index (Phi) is 6.54. The summed E-state index contributed by atoms with van der Waals surface area (Å²) >= 11 is 6.89. The number of allylic oxidation sites excluding steroid dienone is 1. The number of aliphatic hydroxyl groups is 2. The summed E-state index contributed by atoms with van der Waals surface area (Å²) in [6.07, 6.45) is 6.05. The summed E-state index contributed by atoms with van der Waals surface area (Å²) in [4.78, 5) is 27.6. The van der Waals surface area contributed by atoms with E-state index in [0.717, 1.165) is 38.8 Å². The van der Waals surface area contributed by atoms with Crippen molar-refractivity contribution in [1.82, 2.24) is 4.90 Å². The smallest absolute Gasteiger partial charge is 0.175 e. The molecule has 5 aliphatic rings. The summed E-state index contributed by atoms with van der Waals surface area (Å²) in [5, 5.41) is 23.4. The Bertz CT molecular complexity index is 917. The molecule has 34 heavy (non-hydrogen) atoms. The highest BCUT2D eigenvalue weighted by Gasteiger charge is 2.68. The largest absolute Gasteiger partial charge is 0.393 e. The van der Waals surface area contributed by atoms with Gasteiger partial charge in [0.2, 0.25) is 0 Å². The van der Waals surface area contributed by atoms with Gasteiger partial charge in [-0.3, -0.25) is 9.59 Å². The van der Waals surface area contributed by atoms with Crippen LogP contribution in [0.3, 0.4) is 0 Å². The van der Waals surface area contributed by atoms with E-state index in [-0.39, 0.29) is 40.5 Å². The van der Waals surface area contributed by atoms with Gasteiger partial charge in [-0.1, -0.05) is 43.4 Å². The highest BCUT2D eigenvalue weighted by molar-refractivity contribution is 8.23. The Balaban J connectivity index is 1.34. The first-order valence-electron chi connectivity index (χ1n) is 12.8. The molecule has 3 saturated carbocycles. The van der Waals surface area contributed by atoms with Crippen LogP contribution in [0.4, 0.5) is 0 Å². The zero-order valence-corrected chi connectivity index (χ0v) is 21.9. The van der Waals surface area contributed by atoms with E-state index >= 15 is 0 Å². The van der Waals surface area contributed by atoms with E-state index < -0.39 is 17.1 Å². The molecule has 8 heteroatoms. The maximum absolute atomic E-state index is 13.5. The molecule has 0 aromatic heterocycles. The first kappa shape index (κ1) is 24.9. The van der Waals surface area contributed by atoms with Gasteiger partial charge >= 0.3 is 0 Å². The Morgan fingerprint density at radius 2 is 1.97 bits per heavy atom. The van der Waals surface area contributed by atoms with E-state index in [4.69, 9.17) is 17.0 Å². The number of carbonyl (C=O) groups excluding carboxylic acids is 2. The quantitative estimate of drug-likeness (QED) is 0.564. The van der Waals surface area contributed by atoms with Crippen LogP contribution in [-0.4, -0.2) is 74.8 Å². The van der Waals surface area contributed by atoms with Crippen molar-refractivity contribution in [2.45, 2.75) is 70.5 Å². The summed E-state index contributed by atoms with van der Waals surface area (Å²) in [5.74, 6) is 0.741. The molecule has 1 heterocycles. The SMILES string of the molecule is C[C@]12CCC(=O)C=C1CC[C@@H]1[C@H]2[C@H](O)C[C@@]2(C)[C@H]1CC[C@]2(O)C(=O)CSC(=S)N1CCOCC1. The van der Waals surface area contributed by atoms with E-state index in [2.05, 4.69) is 11.8 Å². The molecule has 6 nitrogen and oxygen atoms in total. The van der Waals surface area contributed by atoms with Crippen LogP contribution < -0.4 is 0 Å². The summed E-state index contributed by atoms with van der Waals surface area (Å²) in [5.41, 5.74) is -1.04. The number of carbonyl (C=O) groups is 2. The second-order valence-electron chi connectivity index (χ2n) is 11.6. The predicted octanol–water partition coefficient (Wildman–Crippen LogP) is 3.14. The van der Waals surface area contributed by atoms with Crippen LogP contribution in [0.5, 0.6) is 0 Å². The number of nitrogens with zero attached hydrogens (tertiary/aromatic N) is 1. The molecule has 0 bridgehead atoms. The second-order valence-corrected chi connectivity index (χ2v) is 13.2. The van der Waals surface area contributed by atoms with Crippen molar-refractivity contribution in [2.24, 2.45) is 28.6 Å². The fourth-order valence-corrected chi connectivity index (χ4v) is 9.45. The van der Waals surface area contributed by atoms with E-state index in [1.807, 2.05) is 13.0 Å². The van der Waals surface area contributed by atoms with E-state index in [0.29, 0.717) is 36.8 Å². The topological polar surface area (TPSA) is 87.1 Å². The molecule has 0 radical (unpaired) electrons. The molecule has 1 saturated heterocycles.